The summed E-state index contributed by atoms with van der Waals surface area (Å²) in [6.45, 7) is 14.1. The fraction of sp³-hybridized carbons (Fsp3) is 0.833. The minimum atomic E-state index is 0.102. The minimum absolute atomic E-state index is 0.102. The molecule has 0 aromatic carbocycles. The van der Waals surface area contributed by atoms with Crippen LogP contribution in [0.4, 0.5) is 0 Å². The van der Waals surface area contributed by atoms with Crippen molar-refractivity contribution in [3.63, 3.8) is 0 Å². The van der Waals surface area contributed by atoms with Crippen LogP contribution >= 0.6 is 0 Å². The standard InChI is InChI=1S/C12H20O/c1-5-6-7-10(2)8-9-11-12(3,4)13-11/h11H,5-9H2,1,3-4H3. The Morgan fingerprint density at radius 1 is 1.38 bits per heavy atom. The summed E-state index contributed by atoms with van der Waals surface area (Å²) in [6, 6.07) is 0. The molecule has 0 bridgehead atoms. The Hall–Kier alpha value is -0.300. The molecule has 0 spiro atoms. The summed E-state index contributed by atoms with van der Waals surface area (Å²) < 4.78 is 5.46. The van der Waals surface area contributed by atoms with Crippen molar-refractivity contribution in [3.05, 3.63) is 12.2 Å². The maximum Gasteiger partial charge on any atom is 0.0892 e. The second kappa shape index (κ2) is 4.28. The number of rotatable bonds is 6. The summed E-state index contributed by atoms with van der Waals surface area (Å²) in [5.41, 5.74) is 0.999. The molecule has 1 saturated heterocycles. The summed E-state index contributed by atoms with van der Waals surface area (Å²) in [5, 5.41) is 0. The predicted octanol–water partition coefficient (Wildman–Crippen LogP) is 3.37. The molecule has 74 valence electrons. The van der Waals surface area contributed by atoms with E-state index < -0.39 is 0 Å². The van der Waals surface area contributed by atoms with Gasteiger partial charge in [-0.05, 0) is 46.1 Å². The maximum atomic E-state index is 7.69. The summed E-state index contributed by atoms with van der Waals surface area (Å²) in [5.74, 6) is 0. The van der Waals surface area contributed by atoms with Gasteiger partial charge in [-0.15, -0.1) is 0 Å². The molecule has 2 radical (unpaired) electrons. The van der Waals surface area contributed by atoms with Crippen LogP contribution in [0.3, 0.4) is 0 Å². The zero-order valence-electron chi connectivity index (χ0n) is 9.02. The van der Waals surface area contributed by atoms with Crippen LogP contribution in [0.15, 0.2) is 5.57 Å². The normalized spacial score (nSPS) is 24.4. The highest BCUT2D eigenvalue weighted by Crippen LogP contribution is 2.39. The first kappa shape index (κ1) is 10.8. The number of epoxide rings is 1. The van der Waals surface area contributed by atoms with Crippen LogP contribution in [0.25, 0.3) is 0 Å². The van der Waals surface area contributed by atoms with Crippen LogP contribution < -0.4 is 0 Å². The van der Waals surface area contributed by atoms with E-state index in [1.807, 2.05) is 0 Å². The van der Waals surface area contributed by atoms with Crippen molar-refractivity contribution in [1.29, 1.82) is 0 Å². The lowest BCUT2D eigenvalue weighted by atomic mass is 10.0. The number of ether oxygens (including phenoxy) is 1. The van der Waals surface area contributed by atoms with Gasteiger partial charge in [-0.3, -0.25) is 0 Å². The third kappa shape index (κ3) is 3.51. The Bertz CT molecular complexity index is 182. The first-order valence-electron chi connectivity index (χ1n) is 5.30. The quantitative estimate of drug-likeness (QED) is 0.571. The second-order valence-corrected chi connectivity index (χ2v) is 4.46. The summed E-state index contributed by atoms with van der Waals surface area (Å²) in [4.78, 5) is 0. The predicted molar refractivity (Wildman–Crippen MR) is 54.5 cm³/mol. The van der Waals surface area contributed by atoms with Gasteiger partial charge < -0.3 is 4.74 Å². The van der Waals surface area contributed by atoms with Crippen molar-refractivity contribution in [1.82, 2.24) is 0 Å². The Labute approximate surface area is 82.2 Å². The van der Waals surface area contributed by atoms with Crippen molar-refractivity contribution < 1.29 is 4.74 Å². The van der Waals surface area contributed by atoms with E-state index in [9.17, 15) is 0 Å². The molecule has 0 saturated carbocycles. The van der Waals surface area contributed by atoms with Gasteiger partial charge in [0.15, 0.2) is 0 Å². The van der Waals surface area contributed by atoms with Crippen LogP contribution in [-0.4, -0.2) is 11.7 Å². The molecular formula is C12H20O. The van der Waals surface area contributed by atoms with Crippen LogP contribution in [0, 0.1) is 6.58 Å². The number of allylic oxidation sites excluding steroid dienone is 1. The summed E-state index contributed by atoms with van der Waals surface area (Å²) >= 11 is 0. The highest BCUT2D eigenvalue weighted by atomic mass is 16.6. The molecule has 13 heavy (non-hydrogen) atoms. The van der Waals surface area contributed by atoms with Crippen molar-refractivity contribution in [2.75, 3.05) is 0 Å². The molecule has 0 aromatic rings. The lowest BCUT2D eigenvalue weighted by Gasteiger charge is -2.02. The zero-order chi connectivity index (χ0) is 9.90. The number of hydrogen-bond acceptors (Lipinski definition) is 1. The smallest absolute Gasteiger partial charge is 0.0892 e. The highest BCUT2D eigenvalue weighted by molar-refractivity contribution is 4.99. The first-order valence-corrected chi connectivity index (χ1v) is 5.30. The van der Waals surface area contributed by atoms with Gasteiger partial charge in [0.2, 0.25) is 0 Å². The van der Waals surface area contributed by atoms with Crippen LogP contribution in [0.5, 0.6) is 0 Å². The van der Waals surface area contributed by atoms with E-state index in [0.717, 1.165) is 31.3 Å². The molecule has 0 N–H and O–H groups in total. The van der Waals surface area contributed by atoms with Crippen LogP contribution in [0.2, 0.25) is 0 Å². The molecule has 0 aliphatic carbocycles. The average Bonchev–Trinajstić information content (AvgIpc) is 2.67. The number of hydrogen-bond donors (Lipinski definition) is 0. The first-order chi connectivity index (χ1) is 6.06. The molecule has 1 atom stereocenters. The summed E-state index contributed by atoms with van der Waals surface area (Å²) in [6.07, 6.45) is 5.70. The molecule has 1 aliphatic heterocycles. The van der Waals surface area contributed by atoms with Crippen LogP contribution in [0.1, 0.15) is 52.9 Å². The third-order valence-electron chi connectivity index (χ3n) is 2.70. The Balaban J connectivity index is 2.03. The molecule has 1 aliphatic rings. The lowest BCUT2D eigenvalue weighted by Crippen LogP contribution is -2.02. The molecule has 1 heteroatoms. The molecular weight excluding hydrogens is 160 g/mol. The maximum absolute atomic E-state index is 7.69. The highest BCUT2D eigenvalue weighted by Gasteiger charge is 2.46. The van der Waals surface area contributed by atoms with Crippen molar-refractivity contribution in [3.8, 4) is 0 Å². The van der Waals surface area contributed by atoms with Gasteiger partial charge in [0.1, 0.15) is 0 Å². The summed E-state index contributed by atoms with van der Waals surface area (Å²) in [7, 11) is 0. The van der Waals surface area contributed by atoms with Crippen molar-refractivity contribution in [2.45, 2.75) is 64.6 Å². The number of unbranched alkanes of at least 4 members (excludes halogenated alkanes) is 1. The van der Waals surface area contributed by atoms with E-state index in [1.165, 1.54) is 6.42 Å². The van der Waals surface area contributed by atoms with Gasteiger partial charge in [0, 0.05) is 0 Å². The fourth-order valence-electron chi connectivity index (χ4n) is 1.56. The van der Waals surface area contributed by atoms with Crippen LogP contribution in [-0.2, 0) is 4.74 Å². The molecule has 1 unspecified atom stereocenters. The van der Waals surface area contributed by atoms with Gasteiger partial charge in [0.25, 0.3) is 0 Å². The molecule has 0 aromatic heterocycles. The largest absolute Gasteiger partial charge is 0.367 e. The van der Waals surface area contributed by atoms with E-state index in [2.05, 4.69) is 20.8 Å². The SMILES string of the molecule is [C]=C(CCCC)CCC1OC1(C)C. The minimum Gasteiger partial charge on any atom is -0.367 e. The van der Waals surface area contributed by atoms with E-state index in [4.69, 9.17) is 11.3 Å². The van der Waals surface area contributed by atoms with E-state index in [-0.39, 0.29) is 5.60 Å². The Morgan fingerprint density at radius 2 is 2.00 bits per heavy atom. The Kier molecular flexibility index (Phi) is 3.55. The van der Waals surface area contributed by atoms with Gasteiger partial charge in [-0.1, -0.05) is 18.9 Å². The Morgan fingerprint density at radius 3 is 2.46 bits per heavy atom. The van der Waals surface area contributed by atoms with Crippen molar-refractivity contribution >= 4 is 0 Å². The molecule has 1 rings (SSSR count). The zero-order valence-corrected chi connectivity index (χ0v) is 9.02. The van der Waals surface area contributed by atoms with E-state index in [1.54, 1.807) is 0 Å². The van der Waals surface area contributed by atoms with E-state index >= 15 is 0 Å². The van der Waals surface area contributed by atoms with Gasteiger partial charge in [-0.2, -0.15) is 0 Å². The van der Waals surface area contributed by atoms with Gasteiger partial charge >= 0.3 is 0 Å². The molecule has 0 amide bonds. The van der Waals surface area contributed by atoms with Gasteiger partial charge in [-0.25, -0.2) is 0 Å². The van der Waals surface area contributed by atoms with E-state index in [0.29, 0.717) is 6.10 Å². The third-order valence-corrected chi connectivity index (χ3v) is 2.70. The molecule has 1 heterocycles. The fourth-order valence-corrected chi connectivity index (χ4v) is 1.56. The van der Waals surface area contributed by atoms with Crippen molar-refractivity contribution in [2.24, 2.45) is 0 Å². The average molecular weight is 180 g/mol. The topological polar surface area (TPSA) is 12.5 Å². The molecule has 1 fully saturated rings. The molecule has 1 nitrogen and oxygen atoms in total. The second-order valence-electron chi connectivity index (χ2n) is 4.46. The van der Waals surface area contributed by atoms with Gasteiger partial charge in [0.05, 0.1) is 11.7 Å². The lowest BCUT2D eigenvalue weighted by molar-refractivity contribution is 0.320. The monoisotopic (exact) mass is 180 g/mol.